The van der Waals surface area contributed by atoms with Gasteiger partial charge in [-0.1, -0.05) is 84.9 Å². The highest BCUT2D eigenvalue weighted by Gasteiger charge is 2.23. The Balaban J connectivity index is 0.937. The fourth-order valence-electron chi connectivity index (χ4n) is 8.98. The number of ether oxygens (including phenoxy) is 5. The van der Waals surface area contributed by atoms with Crippen LogP contribution in [0.1, 0.15) is 82.8 Å². The minimum Gasteiger partial charge on any atom is -0.493 e. The van der Waals surface area contributed by atoms with E-state index in [0.29, 0.717) is 23.5 Å². The van der Waals surface area contributed by atoms with Gasteiger partial charge in [0.25, 0.3) is 0 Å². The van der Waals surface area contributed by atoms with Crippen LogP contribution in [0.15, 0.2) is 121 Å². The SMILES string of the molecule is COc1cccc(/C=C2\CCc3cccc(CCc4ccc(C(=O)O)c(OC(=O)c5ccc(CCc6cccc7c6C(Cc6cccc(OC)c6OC)=CC7)cc5)c4)c32)c1OC. The Hall–Kier alpha value is -7.06. The molecule has 0 saturated carbocycles. The number of para-hydroxylation sites is 2. The molecule has 314 valence electrons. The van der Waals surface area contributed by atoms with Crippen molar-refractivity contribution in [1.82, 2.24) is 0 Å². The van der Waals surface area contributed by atoms with Crippen molar-refractivity contribution in [3.63, 3.8) is 0 Å². The molecule has 6 aromatic carbocycles. The number of aryl methyl sites for hydroxylation is 5. The van der Waals surface area contributed by atoms with Crippen LogP contribution in [0.4, 0.5) is 0 Å². The minimum absolute atomic E-state index is 0.0291. The van der Waals surface area contributed by atoms with E-state index in [2.05, 4.69) is 54.6 Å². The zero-order valence-corrected chi connectivity index (χ0v) is 35.6. The second-order valence-corrected chi connectivity index (χ2v) is 15.6. The van der Waals surface area contributed by atoms with Crippen molar-refractivity contribution in [3.8, 4) is 28.7 Å². The normalized spacial score (nSPS) is 13.3. The summed E-state index contributed by atoms with van der Waals surface area (Å²) in [5, 5.41) is 10.0. The molecule has 8 rings (SSSR count). The standard InChI is InChI=1S/C54H50O8/c1-58-46-15-7-13-43(51(46)60-3)32-41-28-26-38-11-5-9-36(49(38)41)22-17-34-18-24-40(25-19-34)54(57)62-48-31-35(21-30-45(48)53(55)56)20-23-37-10-6-12-39-27-29-42(50(37)39)33-44-14-8-16-47(59-2)52(44)61-4/h5-16,18-19,21,24-25,28,30-31,33H,17,20,22-23,26-27,29,32H2,1-4H3,(H,55,56)/b42-33+. The van der Waals surface area contributed by atoms with Gasteiger partial charge < -0.3 is 28.8 Å². The minimum atomic E-state index is -1.16. The molecule has 1 N–H and O–H groups in total. The molecule has 8 nitrogen and oxygen atoms in total. The number of hydrogen-bond acceptors (Lipinski definition) is 7. The van der Waals surface area contributed by atoms with E-state index in [9.17, 15) is 14.7 Å². The zero-order chi connectivity index (χ0) is 43.2. The van der Waals surface area contributed by atoms with Crippen molar-refractivity contribution in [2.45, 2.75) is 51.4 Å². The largest absolute Gasteiger partial charge is 0.493 e. The summed E-state index contributed by atoms with van der Waals surface area (Å²) in [6.45, 7) is 0. The predicted molar refractivity (Wildman–Crippen MR) is 243 cm³/mol. The van der Waals surface area contributed by atoms with Crippen LogP contribution in [0.5, 0.6) is 28.7 Å². The van der Waals surface area contributed by atoms with E-state index in [1.54, 1.807) is 52.7 Å². The van der Waals surface area contributed by atoms with E-state index in [0.717, 1.165) is 78.7 Å². The summed E-state index contributed by atoms with van der Waals surface area (Å²) in [5.74, 6) is 1.12. The molecule has 0 heterocycles. The summed E-state index contributed by atoms with van der Waals surface area (Å²) < 4.78 is 28.3. The average Bonchev–Trinajstić information content (AvgIpc) is 3.91. The fourth-order valence-corrected chi connectivity index (χ4v) is 8.98. The van der Waals surface area contributed by atoms with Crippen molar-refractivity contribution in [3.05, 3.63) is 188 Å². The molecule has 0 aromatic heterocycles. The van der Waals surface area contributed by atoms with Crippen LogP contribution in [0.3, 0.4) is 0 Å². The topological polar surface area (TPSA) is 101 Å². The summed E-state index contributed by atoms with van der Waals surface area (Å²) in [6.07, 6.45) is 10.9. The highest BCUT2D eigenvalue weighted by Crippen LogP contribution is 2.41. The predicted octanol–water partition coefficient (Wildman–Crippen LogP) is 10.9. The molecule has 0 fully saturated rings. The van der Waals surface area contributed by atoms with Crippen LogP contribution in [0.25, 0.3) is 17.2 Å². The lowest BCUT2D eigenvalue weighted by Gasteiger charge is -2.16. The van der Waals surface area contributed by atoms with Crippen LogP contribution < -0.4 is 23.7 Å². The third-order valence-electron chi connectivity index (χ3n) is 12.0. The van der Waals surface area contributed by atoms with Gasteiger partial charge in [-0.05, 0) is 143 Å². The number of allylic oxidation sites excluding steroid dienone is 3. The molecular weight excluding hydrogens is 777 g/mol. The van der Waals surface area contributed by atoms with E-state index in [4.69, 9.17) is 23.7 Å². The average molecular weight is 827 g/mol. The third kappa shape index (κ3) is 8.73. The number of carboxylic acid groups (broad SMARTS) is 1. The second-order valence-electron chi connectivity index (χ2n) is 15.6. The monoisotopic (exact) mass is 826 g/mol. The fraction of sp³-hybridized carbons (Fsp3) is 0.222. The molecule has 2 aliphatic carbocycles. The number of benzene rings is 6. The Kier molecular flexibility index (Phi) is 12.6. The molecule has 0 spiro atoms. The zero-order valence-electron chi connectivity index (χ0n) is 35.6. The number of hydrogen-bond donors (Lipinski definition) is 1. The van der Waals surface area contributed by atoms with Gasteiger partial charge in [-0.2, -0.15) is 0 Å². The van der Waals surface area contributed by atoms with Crippen LogP contribution in [0.2, 0.25) is 0 Å². The number of carboxylic acids is 1. The molecule has 6 aromatic rings. The molecular formula is C54H50O8. The first-order chi connectivity index (χ1) is 30.3. The number of esters is 1. The van der Waals surface area contributed by atoms with E-state index in [-0.39, 0.29) is 11.3 Å². The van der Waals surface area contributed by atoms with Crippen LogP contribution >= 0.6 is 0 Å². The number of methoxy groups -OCH3 is 4. The van der Waals surface area contributed by atoms with Gasteiger partial charge in [0.15, 0.2) is 23.0 Å². The lowest BCUT2D eigenvalue weighted by Crippen LogP contribution is -2.12. The lowest BCUT2D eigenvalue weighted by molar-refractivity contribution is 0.0681. The maximum atomic E-state index is 13.5. The van der Waals surface area contributed by atoms with Gasteiger partial charge in [-0.25, -0.2) is 9.59 Å². The summed E-state index contributed by atoms with van der Waals surface area (Å²) in [6, 6.07) is 37.2. The Bertz CT molecular complexity index is 2710. The number of fused-ring (bicyclic) bond motifs is 2. The number of carbonyl (C=O) groups excluding carboxylic acids is 1. The highest BCUT2D eigenvalue weighted by atomic mass is 16.5. The molecule has 0 bridgehead atoms. The van der Waals surface area contributed by atoms with Gasteiger partial charge >= 0.3 is 11.9 Å². The quantitative estimate of drug-likeness (QED) is 0.0761. The Morgan fingerprint density at radius 3 is 1.94 bits per heavy atom. The van der Waals surface area contributed by atoms with E-state index in [1.807, 2.05) is 42.5 Å². The van der Waals surface area contributed by atoms with Crippen LogP contribution in [0, 0.1) is 0 Å². The highest BCUT2D eigenvalue weighted by molar-refractivity contribution is 5.95. The van der Waals surface area contributed by atoms with Gasteiger partial charge in [0.1, 0.15) is 11.3 Å². The molecule has 0 amide bonds. The number of rotatable bonds is 16. The molecule has 0 radical (unpaired) electrons. The van der Waals surface area contributed by atoms with Crippen molar-refractivity contribution < 1.29 is 38.4 Å². The van der Waals surface area contributed by atoms with E-state index in [1.165, 1.54) is 50.6 Å². The van der Waals surface area contributed by atoms with E-state index < -0.39 is 11.9 Å². The lowest BCUT2D eigenvalue weighted by atomic mass is 9.91. The molecule has 62 heavy (non-hydrogen) atoms. The number of aromatic carboxylic acids is 1. The van der Waals surface area contributed by atoms with Gasteiger partial charge in [-0.3, -0.25) is 0 Å². The van der Waals surface area contributed by atoms with Crippen molar-refractivity contribution >= 4 is 29.2 Å². The molecule has 2 aliphatic rings. The maximum Gasteiger partial charge on any atom is 0.343 e. The molecule has 0 atom stereocenters. The summed E-state index contributed by atoms with van der Waals surface area (Å²) >= 11 is 0. The first-order valence-corrected chi connectivity index (χ1v) is 21.0. The van der Waals surface area contributed by atoms with Gasteiger partial charge in [0, 0.05) is 17.5 Å². The third-order valence-corrected chi connectivity index (χ3v) is 12.0. The van der Waals surface area contributed by atoms with Gasteiger partial charge in [0.2, 0.25) is 0 Å². The Labute approximate surface area is 363 Å². The molecule has 0 aliphatic heterocycles. The first-order valence-electron chi connectivity index (χ1n) is 21.0. The number of carbonyl (C=O) groups is 2. The van der Waals surface area contributed by atoms with Gasteiger partial charge in [-0.15, -0.1) is 0 Å². The summed E-state index contributed by atoms with van der Waals surface area (Å²) in [5.41, 5.74) is 14.4. The molecule has 0 saturated heterocycles. The van der Waals surface area contributed by atoms with Crippen molar-refractivity contribution in [2.75, 3.05) is 28.4 Å². The summed E-state index contributed by atoms with van der Waals surface area (Å²) in [4.78, 5) is 25.8. The van der Waals surface area contributed by atoms with Gasteiger partial charge in [0.05, 0.1) is 34.0 Å². The summed E-state index contributed by atoms with van der Waals surface area (Å²) in [7, 11) is 6.62. The van der Waals surface area contributed by atoms with Crippen molar-refractivity contribution in [1.29, 1.82) is 0 Å². The Morgan fingerprint density at radius 2 is 1.23 bits per heavy atom. The second kappa shape index (κ2) is 18.7. The van der Waals surface area contributed by atoms with Crippen LogP contribution in [-0.2, 0) is 44.9 Å². The molecule has 0 unspecified atom stereocenters. The molecule has 8 heteroatoms. The van der Waals surface area contributed by atoms with Crippen LogP contribution in [-0.4, -0.2) is 45.5 Å². The van der Waals surface area contributed by atoms with Crippen molar-refractivity contribution in [2.24, 2.45) is 0 Å². The maximum absolute atomic E-state index is 13.5. The first kappa shape index (κ1) is 41.7. The smallest absolute Gasteiger partial charge is 0.343 e. The Morgan fingerprint density at radius 1 is 0.597 bits per heavy atom. The van der Waals surface area contributed by atoms with E-state index >= 15 is 0 Å².